The minimum Gasteiger partial charge on any atom is -0.337 e. The number of rotatable bonds is 3. The molecule has 0 aromatic carbocycles. The molecule has 2 aliphatic heterocycles. The van der Waals surface area contributed by atoms with Gasteiger partial charge in [0.05, 0.1) is 5.41 Å². The molecular weight excluding hydrogens is 256 g/mol. The van der Waals surface area contributed by atoms with E-state index in [0.717, 1.165) is 51.9 Å². The second kappa shape index (κ2) is 5.25. The van der Waals surface area contributed by atoms with Crippen molar-refractivity contribution in [2.45, 2.75) is 39.2 Å². The molecular formula is C15H22N2OS. The third kappa shape index (κ3) is 2.32. The first-order valence-corrected chi connectivity index (χ1v) is 8.18. The van der Waals surface area contributed by atoms with Gasteiger partial charge in [0.1, 0.15) is 0 Å². The van der Waals surface area contributed by atoms with Gasteiger partial charge in [-0.05, 0) is 42.8 Å². The van der Waals surface area contributed by atoms with Crippen molar-refractivity contribution in [2.75, 3.05) is 19.6 Å². The molecule has 3 nitrogen and oxygen atoms in total. The Labute approximate surface area is 119 Å². The Morgan fingerprint density at radius 3 is 3.21 bits per heavy atom. The van der Waals surface area contributed by atoms with Crippen LogP contribution in [0, 0.1) is 5.41 Å². The molecule has 0 aliphatic carbocycles. The molecule has 2 aliphatic rings. The molecule has 1 N–H and O–H groups in total. The standard InChI is InChI=1S/C15H22N2OS/c1-2-5-15(6-7-16-11-15)14(18)17-8-3-13-12(10-17)4-9-19-13/h4,9,16H,2-3,5-8,10-11H2,1H3. The number of fused-ring (bicyclic) bond motifs is 1. The van der Waals surface area contributed by atoms with E-state index in [2.05, 4.69) is 28.6 Å². The number of amides is 1. The molecule has 3 heterocycles. The average Bonchev–Trinajstić information content (AvgIpc) is 3.06. The monoisotopic (exact) mass is 278 g/mol. The fourth-order valence-corrected chi connectivity index (χ4v) is 4.37. The van der Waals surface area contributed by atoms with Crippen LogP contribution in [0.5, 0.6) is 0 Å². The Hall–Kier alpha value is -0.870. The van der Waals surface area contributed by atoms with Gasteiger partial charge in [0.2, 0.25) is 5.91 Å². The zero-order valence-electron chi connectivity index (χ0n) is 11.6. The maximum absolute atomic E-state index is 12.9. The van der Waals surface area contributed by atoms with E-state index in [0.29, 0.717) is 5.91 Å². The lowest BCUT2D eigenvalue weighted by molar-refractivity contribution is -0.142. The van der Waals surface area contributed by atoms with Crippen LogP contribution in [0.2, 0.25) is 0 Å². The van der Waals surface area contributed by atoms with E-state index in [1.165, 1.54) is 10.4 Å². The van der Waals surface area contributed by atoms with Gasteiger partial charge in [0, 0.05) is 24.5 Å². The van der Waals surface area contributed by atoms with E-state index in [1.54, 1.807) is 0 Å². The van der Waals surface area contributed by atoms with E-state index in [9.17, 15) is 4.79 Å². The highest BCUT2D eigenvalue weighted by atomic mass is 32.1. The Morgan fingerprint density at radius 2 is 2.47 bits per heavy atom. The van der Waals surface area contributed by atoms with Gasteiger partial charge in [-0.25, -0.2) is 0 Å². The number of nitrogens with one attached hydrogen (secondary N) is 1. The zero-order chi connectivity index (χ0) is 13.3. The van der Waals surface area contributed by atoms with Crippen molar-refractivity contribution in [2.24, 2.45) is 5.41 Å². The van der Waals surface area contributed by atoms with Crippen molar-refractivity contribution >= 4 is 17.2 Å². The first kappa shape index (κ1) is 13.1. The average molecular weight is 278 g/mol. The molecule has 0 radical (unpaired) electrons. The van der Waals surface area contributed by atoms with Crippen LogP contribution in [0.4, 0.5) is 0 Å². The van der Waals surface area contributed by atoms with Gasteiger partial charge in [0.15, 0.2) is 0 Å². The summed E-state index contributed by atoms with van der Waals surface area (Å²) in [7, 11) is 0. The van der Waals surface area contributed by atoms with Crippen LogP contribution in [-0.2, 0) is 17.8 Å². The van der Waals surface area contributed by atoms with Gasteiger partial charge in [-0.2, -0.15) is 0 Å². The summed E-state index contributed by atoms with van der Waals surface area (Å²) < 4.78 is 0. The minimum atomic E-state index is -0.123. The Morgan fingerprint density at radius 1 is 1.58 bits per heavy atom. The number of hydrogen-bond donors (Lipinski definition) is 1. The number of hydrogen-bond acceptors (Lipinski definition) is 3. The molecule has 4 heteroatoms. The summed E-state index contributed by atoms with van der Waals surface area (Å²) in [5.74, 6) is 0.385. The predicted octanol–water partition coefficient (Wildman–Crippen LogP) is 2.41. The summed E-state index contributed by atoms with van der Waals surface area (Å²) in [6.07, 6.45) is 4.15. The van der Waals surface area contributed by atoms with Gasteiger partial charge in [0.25, 0.3) is 0 Å². The largest absolute Gasteiger partial charge is 0.337 e. The number of carbonyl (C=O) groups excluding carboxylic acids is 1. The smallest absolute Gasteiger partial charge is 0.230 e. The molecule has 19 heavy (non-hydrogen) atoms. The Kier molecular flexibility index (Phi) is 3.63. The van der Waals surface area contributed by atoms with E-state index >= 15 is 0 Å². The second-order valence-corrected chi connectivity index (χ2v) is 6.80. The number of carbonyl (C=O) groups is 1. The molecule has 1 amide bonds. The van der Waals surface area contributed by atoms with Crippen molar-refractivity contribution in [1.82, 2.24) is 10.2 Å². The normalized spacial score (nSPS) is 26.5. The van der Waals surface area contributed by atoms with E-state index in [-0.39, 0.29) is 5.41 Å². The van der Waals surface area contributed by atoms with Crippen molar-refractivity contribution in [3.05, 3.63) is 21.9 Å². The van der Waals surface area contributed by atoms with Gasteiger partial charge in [-0.15, -0.1) is 11.3 Å². The van der Waals surface area contributed by atoms with Crippen LogP contribution in [-0.4, -0.2) is 30.4 Å². The van der Waals surface area contributed by atoms with Gasteiger partial charge in [-0.3, -0.25) is 4.79 Å². The van der Waals surface area contributed by atoms with Crippen molar-refractivity contribution < 1.29 is 4.79 Å². The van der Waals surface area contributed by atoms with Crippen molar-refractivity contribution in [3.8, 4) is 0 Å². The van der Waals surface area contributed by atoms with E-state index in [1.807, 2.05) is 11.3 Å². The van der Waals surface area contributed by atoms with Crippen LogP contribution >= 0.6 is 11.3 Å². The summed E-state index contributed by atoms with van der Waals surface area (Å²) in [5, 5.41) is 5.54. The van der Waals surface area contributed by atoms with Crippen molar-refractivity contribution in [3.63, 3.8) is 0 Å². The van der Waals surface area contributed by atoms with Gasteiger partial charge >= 0.3 is 0 Å². The molecule has 1 aromatic rings. The summed E-state index contributed by atoms with van der Waals surface area (Å²) in [6.45, 7) is 5.76. The number of nitrogens with zero attached hydrogens (tertiary/aromatic N) is 1. The Balaban J connectivity index is 1.77. The molecule has 3 rings (SSSR count). The lowest BCUT2D eigenvalue weighted by Crippen LogP contribution is -2.47. The predicted molar refractivity (Wildman–Crippen MR) is 78.3 cm³/mol. The zero-order valence-corrected chi connectivity index (χ0v) is 12.4. The summed E-state index contributed by atoms with van der Waals surface area (Å²) in [4.78, 5) is 16.5. The maximum Gasteiger partial charge on any atom is 0.230 e. The second-order valence-electron chi connectivity index (χ2n) is 5.80. The molecule has 1 saturated heterocycles. The molecule has 0 bridgehead atoms. The van der Waals surface area contributed by atoms with Crippen LogP contribution in [0.3, 0.4) is 0 Å². The minimum absolute atomic E-state index is 0.123. The van der Waals surface area contributed by atoms with Crippen LogP contribution in [0.25, 0.3) is 0 Å². The van der Waals surface area contributed by atoms with E-state index in [4.69, 9.17) is 0 Å². The first-order chi connectivity index (χ1) is 9.25. The van der Waals surface area contributed by atoms with E-state index < -0.39 is 0 Å². The Bertz CT molecular complexity index is 462. The molecule has 0 saturated carbocycles. The first-order valence-electron chi connectivity index (χ1n) is 7.30. The SMILES string of the molecule is CCCC1(C(=O)N2CCc3sccc3C2)CCNC1. The fourth-order valence-electron chi connectivity index (χ4n) is 3.48. The quantitative estimate of drug-likeness (QED) is 0.921. The third-order valence-corrected chi connectivity index (χ3v) is 5.54. The topological polar surface area (TPSA) is 32.3 Å². The molecule has 1 unspecified atom stereocenters. The molecule has 1 atom stereocenters. The molecule has 0 spiro atoms. The highest BCUT2D eigenvalue weighted by Crippen LogP contribution is 2.35. The van der Waals surface area contributed by atoms with Crippen molar-refractivity contribution in [1.29, 1.82) is 0 Å². The van der Waals surface area contributed by atoms with Gasteiger partial charge in [-0.1, -0.05) is 13.3 Å². The highest BCUT2D eigenvalue weighted by molar-refractivity contribution is 7.10. The summed E-state index contributed by atoms with van der Waals surface area (Å²) in [6, 6.07) is 2.18. The molecule has 1 aromatic heterocycles. The maximum atomic E-state index is 12.9. The molecule has 1 fully saturated rings. The number of thiophene rings is 1. The lowest BCUT2D eigenvalue weighted by Gasteiger charge is -2.36. The van der Waals surface area contributed by atoms with Crippen LogP contribution in [0.1, 0.15) is 36.6 Å². The summed E-state index contributed by atoms with van der Waals surface area (Å²) in [5.41, 5.74) is 1.24. The fraction of sp³-hybridized carbons (Fsp3) is 0.667. The van der Waals surface area contributed by atoms with Crippen LogP contribution in [0.15, 0.2) is 11.4 Å². The lowest BCUT2D eigenvalue weighted by atomic mass is 9.80. The van der Waals surface area contributed by atoms with Crippen LogP contribution < -0.4 is 5.32 Å². The van der Waals surface area contributed by atoms with Gasteiger partial charge < -0.3 is 10.2 Å². The molecule has 104 valence electrons. The highest BCUT2D eigenvalue weighted by Gasteiger charge is 2.43. The third-order valence-electron chi connectivity index (χ3n) is 4.52. The summed E-state index contributed by atoms with van der Waals surface area (Å²) >= 11 is 1.83.